The van der Waals surface area contributed by atoms with Crippen LogP contribution in [0.3, 0.4) is 0 Å². The van der Waals surface area contributed by atoms with Crippen LogP contribution in [0.4, 0.5) is 4.39 Å². The molecule has 0 aliphatic carbocycles. The fraction of sp³-hybridized carbons (Fsp3) is 0.562. The Kier molecular flexibility index (Phi) is 15.3. The molecule has 0 unspecified atom stereocenters. The van der Waals surface area contributed by atoms with E-state index in [1.807, 2.05) is 23.9 Å². The fourth-order valence-corrected chi connectivity index (χ4v) is 3.18. The molecular weight excluding hydrogens is 444 g/mol. The molecule has 0 heterocycles. The van der Waals surface area contributed by atoms with Crippen molar-refractivity contribution in [3.8, 4) is 0 Å². The van der Waals surface area contributed by atoms with Crippen molar-refractivity contribution in [2.45, 2.75) is 18.6 Å². The van der Waals surface area contributed by atoms with Gasteiger partial charge in [0.05, 0.1) is 0 Å². The highest BCUT2D eigenvalue weighted by Crippen LogP contribution is 2.14. The van der Waals surface area contributed by atoms with Crippen molar-refractivity contribution in [1.29, 1.82) is 0 Å². The molecule has 0 atom stereocenters. The summed E-state index contributed by atoms with van der Waals surface area (Å²) in [5, 5.41) is 6.59. The molecule has 0 amide bonds. The van der Waals surface area contributed by atoms with Crippen LogP contribution < -0.4 is 10.6 Å². The second kappa shape index (κ2) is 15.4. The molecule has 3 nitrogen and oxygen atoms in total. The number of guanidine groups is 1. The zero-order valence-corrected chi connectivity index (χ0v) is 17.8. The Morgan fingerprint density at radius 2 is 1.87 bits per heavy atom. The molecule has 0 radical (unpaired) electrons. The molecule has 132 valence electrons. The number of aliphatic imine (C=N–C) groups is 1. The van der Waals surface area contributed by atoms with E-state index in [2.05, 4.69) is 21.9 Å². The van der Waals surface area contributed by atoms with Crippen molar-refractivity contribution in [2.75, 3.05) is 37.9 Å². The van der Waals surface area contributed by atoms with E-state index in [1.54, 1.807) is 24.9 Å². The number of thioether (sulfide) groups is 2. The van der Waals surface area contributed by atoms with Gasteiger partial charge >= 0.3 is 0 Å². The van der Waals surface area contributed by atoms with E-state index in [0.717, 1.165) is 36.8 Å². The van der Waals surface area contributed by atoms with E-state index in [-0.39, 0.29) is 29.8 Å². The predicted molar refractivity (Wildman–Crippen MR) is 115 cm³/mol. The van der Waals surface area contributed by atoms with Crippen LogP contribution >= 0.6 is 47.5 Å². The number of rotatable bonds is 10. The number of halogens is 2. The van der Waals surface area contributed by atoms with Crippen LogP contribution in [0.5, 0.6) is 0 Å². The molecule has 0 aliphatic heterocycles. The first-order valence-corrected chi connectivity index (χ1v) is 10.1. The van der Waals surface area contributed by atoms with Gasteiger partial charge in [-0.25, -0.2) is 4.39 Å². The molecule has 0 saturated carbocycles. The van der Waals surface area contributed by atoms with E-state index in [1.165, 1.54) is 18.2 Å². The molecule has 7 heteroatoms. The topological polar surface area (TPSA) is 36.4 Å². The van der Waals surface area contributed by atoms with Crippen molar-refractivity contribution in [3.63, 3.8) is 0 Å². The first-order chi connectivity index (χ1) is 10.8. The summed E-state index contributed by atoms with van der Waals surface area (Å²) in [6.07, 6.45) is 4.51. The molecule has 0 fully saturated rings. The molecular formula is C16H27FIN3S2. The third-order valence-electron chi connectivity index (χ3n) is 3.05. The first-order valence-electron chi connectivity index (χ1n) is 7.52. The second-order valence-electron chi connectivity index (χ2n) is 4.77. The van der Waals surface area contributed by atoms with Gasteiger partial charge < -0.3 is 10.6 Å². The van der Waals surface area contributed by atoms with E-state index in [0.29, 0.717) is 5.75 Å². The van der Waals surface area contributed by atoms with E-state index in [9.17, 15) is 4.39 Å². The van der Waals surface area contributed by atoms with Gasteiger partial charge in [0.2, 0.25) is 0 Å². The average molecular weight is 471 g/mol. The monoisotopic (exact) mass is 471 g/mol. The number of benzene rings is 1. The molecule has 0 aliphatic rings. The lowest BCUT2D eigenvalue weighted by Gasteiger charge is -2.11. The smallest absolute Gasteiger partial charge is 0.191 e. The summed E-state index contributed by atoms with van der Waals surface area (Å²) < 4.78 is 13.4. The van der Waals surface area contributed by atoms with Gasteiger partial charge in [0.1, 0.15) is 5.82 Å². The van der Waals surface area contributed by atoms with Gasteiger partial charge in [-0.05, 0) is 36.5 Å². The minimum absolute atomic E-state index is 0. The molecule has 0 aromatic heterocycles. The summed E-state index contributed by atoms with van der Waals surface area (Å²) in [5.74, 6) is 3.55. The molecule has 0 bridgehead atoms. The van der Waals surface area contributed by atoms with E-state index in [4.69, 9.17) is 0 Å². The standard InChI is InChI=1S/C16H26FN3S2.HI/c1-18-16(19-9-5-6-11-21-2)20-10-12-22-13-14-7-3-4-8-15(14)17;/h3-4,7-8H,5-6,9-13H2,1-2H3,(H2,18,19,20);1H. The van der Waals surface area contributed by atoms with Gasteiger partial charge in [0, 0.05) is 31.6 Å². The molecule has 0 spiro atoms. The highest BCUT2D eigenvalue weighted by Gasteiger charge is 2.01. The Morgan fingerprint density at radius 1 is 1.13 bits per heavy atom. The number of hydrogen-bond donors (Lipinski definition) is 2. The SMILES string of the molecule is CN=C(NCCCCSC)NCCSCc1ccccc1F.I. The summed E-state index contributed by atoms with van der Waals surface area (Å²) in [6.45, 7) is 1.77. The summed E-state index contributed by atoms with van der Waals surface area (Å²) in [6, 6.07) is 6.95. The van der Waals surface area contributed by atoms with Crippen LogP contribution in [0.15, 0.2) is 29.3 Å². The summed E-state index contributed by atoms with van der Waals surface area (Å²) in [7, 11) is 1.78. The number of nitrogens with zero attached hydrogens (tertiary/aromatic N) is 1. The van der Waals surface area contributed by atoms with Crippen LogP contribution in [0.2, 0.25) is 0 Å². The number of hydrogen-bond acceptors (Lipinski definition) is 3. The summed E-state index contributed by atoms with van der Waals surface area (Å²) in [4.78, 5) is 4.20. The van der Waals surface area contributed by atoms with Crippen LogP contribution in [0, 0.1) is 5.82 Å². The predicted octanol–water partition coefficient (Wildman–Crippen LogP) is 3.99. The Labute approximate surface area is 165 Å². The first kappa shape index (κ1) is 22.9. The maximum absolute atomic E-state index is 13.4. The van der Waals surface area contributed by atoms with E-state index >= 15 is 0 Å². The molecule has 2 N–H and O–H groups in total. The van der Waals surface area contributed by atoms with Gasteiger partial charge in [-0.2, -0.15) is 23.5 Å². The molecule has 1 aromatic carbocycles. The lowest BCUT2D eigenvalue weighted by Crippen LogP contribution is -2.38. The minimum atomic E-state index is -0.120. The maximum atomic E-state index is 13.4. The largest absolute Gasteiger partial charge is 0.356 e. The minimum Gasteiger partial charge on any atom is -0.356 e. The number of nitrogens with one attached hydrogen (secondary N) is 2. The zero-order valence-electron chi connectivity index (χ0n) is 13.8. The quantitative estimate of drug-likeness (QED) is 0.234. The fourth-order valence-electron chi connectivity index (χ4n) is 1.84. The second-order valence-corrected chi connectivity index (χ2v) is 6.86. The van der Waals surface area contributed by atoms with Crippen LogP contribution in [-0.4, -0.2) is 43.9 Å². The highest BCUT2D eigenvalue weighted by molar-refractivity contribution is 14.0. The Hall–Kier alpha value is -0.150. The Bertz CT molecular complexity index is 447. The van der Waals surface area contributed by atoms with Gasteiger partial charge in [0.15, 0.2) is 5.96 Å². The zero-order chi connectivity index (χ0) is 16.0. The van der Waals surface area contributed by atoms with Crippen molar-refractivity contribution >= 4 is 53.5 Å². The van der Waals surface area contributed by atoms with Gasteiger partial charge in [-0.3, -0.25) is 4.99 Å². The lowest BCUT2D eigenvalue weighted by atomic mass is 10.2. The highest BCUT2D eigenvalue weighted by atomic mass is 127. The van der Waals surface area contributed by atoms with Crippen molar-refractivity contribution < 1.29 is 4.39 Å². The lowest BCUT2D eigenvalue weighted by molar-refractivity contribution is 0.617. The molecule has 1 aromatic rings. The third kappa shape index (κ3) is 11.1. The van der Waals surface area contributed by atoms with Crippen molar-refractivity contribution in [2.24, 2.45) is 4.99 Å². The Morgan fingerprint density at radius 3 is 2.57 bits per heavy atom. The maximum Gasteiger partial charge on any atom is 0.191 e. The van der Waals surface area contributed by atoms with Gasteiger partial charge in [-0.1, -0.05) is 18.2 Å². The van der Waals surface area contributed by atoms with Crippen LogP contribution in [0.1, 0.15) is 18.4 Å². The normalized spacial score (nSPS) is 11.0. The average Bonchev–Trinajstić information content (AvgIpc) is 2.54. The van der Waals surface area contributed by atoms with Crippen LogP contribution in [-0.2, 0) is 5.75 Å². The third-order valence-corrected chi connectivity index (χ3v) is 4.75. The van der Waals surface area contributed by atoms with Gasteiger partial charge in [-0.15, -0.1) is 24.0 Å². The summed E-state index contributed by atoms with van der Waals surface area (Å²) in [5.41, 5.74) is 0.767. The molecule has 23 heavy (non-hydrogen) atoms. The molecule has 1 rings (SSSR count). The van der Waals surface area contributed by atoms with Crippen molar-refractivity contribution in [1.82, 2.24) is 10.6 Å². The number of unbranched alkanes of at least 4 members (excludes halogenated alkanes) is 1. The molecule has 0 saturated heterocycles. The van der Waals surface area contributed by atoms with Crippen molar-refractivity contribution in [3.05, 3.63) is 35.6 Å². The summed E-state index contributed by atoms with van der Waals surface area (Å²) >= 11 is 3.60. The van der Waals surface area contributed by atoms with Gasteiger partial charge in [0.25, 0.3) is 0 Å². The van der Waals surface area contributed by atoms with Crippen LogP contribution in [0.25, 0.3) is 0 Å². The Balaban J connectivity index is 0.00000484. The van der Waals surface area contributed by atoms with E-state index < -0.39 is 0 Å².